The molecule has 4 rings (SSSR count). The highest BCUT2D eigenvalue weighted by atomic mass is 16.2. The molecule has 172 valence electrons. The second kappa shape index (κ2) is 8.92. The van der Waals surface area contributed by atoms with Gasteiger partial charge in [0.25, 0.3) is 5.91 Å². The van der Waals surface area contributed by atoms with E-state index >= 15 is 0 Å². The SMILES string of the molecule is CC(=O)N1CCC(C(=O)N[C@H]2CCN3C(=O)N(c4ccc(C(C)C)cc4)C(=O)[C@H]3C2)CC1. The lowest BCUT2D eigenvalue weighted by Crippen LogP contribution is -2.51. The number of anilines is 1. The van der Waals surface area contributed by atoms with Gasteiger partial charge in [-0.3, -0.25) is 14.4 Å². The maximum absolute atomic E-state index is 13.1. The van der Waals surface area contributed by atoms with Gasteiger partial charge in [-0.05, 0) is 49.3 Å². The number of carbonyl (C=O) groups is 4. The number of likely N-dealkylation sites (tertiary alicyclic amines) is 1. The number of fused-ring (bicyclic) bond motifs is 1. The number of hydrogen-bond acceptors (Lipinski definition) is 4. The zero-order chi connectivity index (χ0) is 23.0. The van der Waals surface area contributed by atoms with Gasteiger partial charge in [-0.1, -0.05) is 26.0 Å². The maximum Gasteiger partial charge on any atom is 0.332 e. The lowest BCUT2D eigenvalue weighted by molar-refractivity contribution is -0.134. The van der Waals surface area contributed by atoms with E-state index < -0.39 is 6.04 Å². The van der Waals surface area contributed by atoms with Gasteiger partial charge in [-0.25, -0.2) is 9.69 Å². The summed E-state index contributed by atoms with van der Waals surface area (Å²) in [5.74, 6) is 0.0783. The molecule has 0 aromatic heterocycles. The molecule has 3 heterocycles. The van der Waals surface area contributed by atoms with Crippen LogP contribution in [0.25, 0.3) is 0 Å². The summed E-state index contributed by atoms with van der Waals surface area (Å²) >= 11 is 0. The molecule has 3 aliphatic heterocycles. The Balaban J connectivity index is 1.37. The molecule has 32 heavy (non-hydrogen) atoms. The number of rotatable bonds is 4. The molecule has 1 aromatic carbocycles. The van der Waals surface area contributed by atoms with Crippen molar-refractivity contribution in [1.29, 1.82) is 0 Å². The summed E-state index contributed by atoms with van der Waals surface area (Å²) in [6.45, 7) is 7.41. The molecule has 3 aliphatic rings. The lowest BCUT2D eigenvalue weighted by Gasteiger charge is -2.35. The fraction of sp³-hybridized carbons (Fsp3) is 0.583. The van der Waals surface area contributed by atoms with Crippen LogP contribution >= 0.6 is 0 Å². The van der Waals surface area contributed by atoms with Crippen molar-refractivity contribution in [3.8, 4) is 0 Å². The number of benzene rings is 1. The first kappa shape index (κ1) is 22.3. The first-order chi connectivity index (χ1) is 15.3. The van der Waals surface area contributed by atoms with E-state index in [4.69, 9.17) is 0 Å². The predicted molar refractivity (Wildman–Crippen MR) is 120 cm³/mol. The molecule has 0 radical (unpaired) electrons. The Labute approximate surface area is 188 Å². The second-order valence-corrected chi connectivity index (χ2v) is 9.42. The summed E-state index contributed by atoms with van der Waals surface area (Å²) in [6, 6.07) is 6.63. The molecule has 3 fully saturated rings. The standard InChI is InChI=1S/C24H32N4O4/c1-15(2)17-4-6-20(7-5-17)28-23(31)21-14-19(10-13-27(21)24(28)32)25-22(30)18-8-11-26(12-9-18)16(3)29/h4-7,15,18-19,21H,8-14H2,1-3H3,(H,25,30)/t19-,21+/m0/s1. The smallest absolute Gasteiger partial charge is 0.332 e. The first-order valence-corrected chi connectivity index (χ1v) is 11.6. The molecule has 8 nitrogen and oxygen atoms in total. The van der Waals surface area contributed by atoms with E-state index in [2.05, 4.69) is 19.2 Å². The fourth-order valence-electron chi connectivity index (χ4n) is 4.95. The minimum atomic E-state index is -0.536. The van der Waals surface area contributed by atoms with E-state index in [9.17, 15) is 19.2 Å². The molecule has 1 aromatic rings. The first-order valence-electron chi connectivity index (χ1n) is 11.6. The molecule has 1 N–H and O–H groups in total. The summed E-state index contributed by atoms with van der Waals surface area (Å²) < 4.78 is 0. The Bertz CT molecular complexity index is 905. The normalized spacial score (nSPS) is 24.2. The zero-order valence-electron chi connectivity index (χ0n) is 19.0. The molecule has 0 bridgehead atoms. The van der Waals surface area contributed by atoms with Crippen molar-refractivity contribution >= 4 is 29.4 Å². The van der Waals surface area contributed by atoms with Crippen molar-refractivity contribution in [3.05, 3.63) is 29.8 Å². The van der Waals surface area contributed by atoms with Gasteiger partial charge in [0.1, 0.15) is 6.04 Å². The molecule has 0 spiro atoms. The van der Waals surface area contributed by atoms with Crippen LogP contribution in [-0.4, -0.2) is 65.3 Å². The minimum Gasteiger partial charge on any atom is -0.353 e. The Kier molecular flexibility index (Phi) is 6.22. The number of carbonyl (C=O) groups excluding carboxylic acids is 4. The third-order valence-electron chi connectivity index (χ3n) is 7.02. The van der Waals surface area contributed by atoms with Crippen LogP contribution in [0.1, 0.15) is 57.9 Å². The van der Waals surface area contributed by atoms with Gasteiger partial charge in [0.2, 0.25) is 11.8 Å². The highest BCUT2D eigenvalue weighted by Gasteiger charge is 2.49. The maximum atomic E-state index is 13.1. The zero-order valence-corrected chi connectivity index (χ0v) is 19.0. The largest absolute Gasteiger partial charge is 0.353 e. The minimum absolute atomic E-state index is 0.00967. The number of piperidine rings is 2. The van der Waals surface area contributed by atoms with Crippen molar-refractivity contribution in [2.45, 2.75) is 64.5 Å². The Morgan fingerprint density at radius 2 is 1.66 bits per heavy atom. The van der Waals surface area contributed by atoms with Gasteiger partial charge in [0.15, 0.2) is 0 Å². The van der Waals surface area contributed by atoms with E-state index in [-0.39, 0.29) is 35.7 Å². The van der Waals surface area contributed by atoms with E-state index in [1.807, 2.05) is 24.3 Å². The third kappa shape index (κ3) is 4.23. The number of amides is 5. The van der Waals surface area contributed by atoms with Crippen molar-refractivity contribution < 1.29 is 19.2 Å². The summed E-state index contributed by atoms with van der Waals surface area (Å²) in [5, 5.41) is 3.10. The average Bonchev–Trinajstić information content (AvgIpc) is 3.03. The van der Waals surface area contributed by atoms with Crippen molar-refractivity contribution in [1.82, 2.24) is 15.1 Å². The van der Waals surface area contributed by atoms with Gasteiger partial charge in [-0.2, -0.15) is 0 Å². The Morgan fingerprint density at radius 3 is 2.25 bits per heavy atom. The fourth-order valence-corrected chi connectivity index (χ4v) is 4.95. The van der Waals surface area contributed by atoms with Crippen LogP contribution in [0.15, 0.2) is 24.3 Å². The molecule has 8 heteroatoms. The molecule has 0 saturated carbocycles. The molecular formula is C24H32N4O4. The Hall–Kier alpha value is -2.90. The molecule has 2 atom stereocenters. The molecule has 0 aliphatic carbocycles. The summed E-state index contributed by atoms with van der Waals surface area (Å²) in [4.78, 5) is 55.0. The predicted octanol–water partition coefficient (Wildman–Crippen LogP) is 2.48. The number of nitrogens with one attached hydrogen (secondary N) is 1. The highest BCUT2D eigenvalue weighted by molar-refractivity contribution is 6.21. The van der Waals surface area contributed by atoms with E-state index in [1.165, 1.54) is 4.90 Å². The average molecular weight is 441 g/mol. The Morgan fingerprint density at radius 1 is 1.00 bits per heavy atom. The van der Waals surface area contributed by atoms with Gasteiger partial charge >= 0.3 is 6.03 Å². The summed E-state index contributed by atoms with van der Waals surface area (Å²) in [5.41, 5.74) is 1.75. The number of nitrogens with zero attached hydrogens (tertiary/aromatic N) is 3. The van der Waals surface area contributed by atoms with Crippen LogP contribution in [0.3, 0.4) is 0 Å². The van der Waals surface area contributed by atoms with Crippen molar-refractivity contribution in [2.24, 2.45) is 5.92 Å². The second-order valence-electron chi connectivity index (χ2n) is 9.42. The van der Waals surface area contributed by atoms with Crippen LogP contribution in [0.2, 0.25) is 0 Å². The van der Waals surface area contributed by atoms with Crippen molar-refractivity contribution in [3.63, 3.8) is 0 Å². The summed E-state index contributed by atoms with van der Waals surface area (Å²) in [6.07, 6.45) is 2.38. The van der Waals surface area contributed by atoms with Gasteiger partial charge in [0, 0.05) is 38.5 Å². The topological polar surface area (TPSA) is 90.0 Å². The third-order valence-corrected chi connectivity index (χ3v) is 7.02. The van der Waals surface area contributed by atoms with Crippen LogP contribution in [-0.2, 0) is 14.4 Å². The monoisotopic (exact) mass is 440 g/mol. The lowest BCUT2D eigenvalue weighted by atomic mass is 9.93. The molecule has 3 saturated heterocycles. The highest BCUT2D eigenvalue weighted by Crippen LogP contribution is 2.32. The number of hydrogen-bond donors (Lipinski definition) is 1. The van der Waals surface area contributed by atoms with E-state index in [0.29, 0.717) is 56.9 Å². The van der Waals surface area contributed by atoms with Gasteiger partial charge < -0.3 is 15.1 Å². The molecular weight excluding hydrogens is 408 g/mol. The molecule has 0 unspecified atom stereocenters. The van der Waals surface area contributed by atoms with E-state index in [1.54, 1.807) is 16.7 Å². The van der Waals surface area contributed by atoms with Crippen LogP contribution in [0.5, 0.6) is 0 Å². The van der Waals surface area contributed by atoms with Crippen LogP contribution in [0.4, 0.5) is 10.5 Å². The van der Waals surface area contributed by atoms with Gasteiger partial charge in [-0.15, -0.1) is 0 Å². The van der Waals surface area contributed by atoms with E-state index in [0.717, 1.165) is 5.56 Å². The van der Waals surface area contributed by atoms with Crippen LogP contribution < -0.4 is 10.2 Å². The summed E-state index contributed by atoms with van der Waals surface area (Å²) in [7, 11) is 0. The molecule has 5 amide bonds. The van der Waals surface area contributed by atoms with Crippen molar-refractivity contribution in [2.75, 3.05) is 24.5 Å². The van der Waals surface area contributed by atoms with Gasteiger partial charge in [0.05, 0.1) is 5.69 Å². The number of imide groups is 1. The van der Waals surface area contributed by atoms with Crippen LogP contribution in [0, 0.1) is 5.92 Å². The number of urea groups is 1. The quantitative estimate of drug-likeness (QED) is 0.729.